The van der Waals surface area contributed by atoms with E-state index in [-0.39, 0.29) is 11.9 Å². The zero-order chi connectivity index (χ0) is 20.4. The molecule has 1 aliphatic heterocycles. The van der Waals surface area contributed by atoms with Crippen LogP contribution in [0.1, 0.15) is 23.7 Å². The van der Waals surface area contributed by atoms with E-state index >= 15 is 0 Å². The number of hydrazone groups is 1. The van der Waals surface area contributed by atoms with Crippen LogP contribution in [0.2, 0.25) is 0 Å². The van der Waals surface area contributed by atoms with E-state index in [1.54, 1.807) is 18.8 Å². The highest BCUT2D eigenvalue weighted by Gasteiger charge is 2.33. The van der Waals surface area contributed by atoms with Gasteiger partial charge in [0.25, 0.3) is 5.91 Å². The Hall–Kier alpha value is -3.61. The number of carbonyl (C=O) groups excluding carboxylic acids is 1. The Bertz CT molecular complexity index is 1040. The number of methoxy groups -OCH3 is 1. The average molecular weight is 389 g/mol. The molecule has 29 heavy (non-hydrogen) atoms. The van der Waals surface area contributed by atoms with Crippen LogP contribution in [0.4, 0.5) is 11.4 Å². The smallest absolute Gasteiger partial charge is 0.272 e. The molecule has 0 aliphatic carbocycles. The molecule has 1 N–H and O–H groups in total. The maximum Gasteiger partial charge on any atom is 0.272 e. The number of rotatable bonds is 5. The number of benzene rings is 2. The number of amides is 1. The molecule has 2 aromatic carbocycles. The van der Waals surface area contributed by atoms with Gasteiger partial charge in [0.2, 0.25) is 5.88 Å². The minimum absolute atomic E-state index is 0.0451. The van der Waals surface area contributed by atoms with Crippen molar-refractivity contribution in [2.45, 2.75) is 19.4 Å². The number of aryl methyl sites for hydroxylation is 2. The molecule has 0 radical (unpaired) electrons. The van der Waals surface area contributed by atoms with Crippen molar-refractivity contribution in [1.82, 2.24) is 9.78 Å². The van der Waals surface area contributed by atoms with Crippen LogP contribution in [0.25, 0.3) is 0 Å². The molecule has 0 saturated carbocycles. The van der Waals surface area contributed by atoms with Crippen LogP contribution in [0.3, 0.4) is 0 Å². The highest BCUT2D eigenvalue weighted by molar-refractivity contribution is 6.44. The van der Waals surface area contributed by atoms with E-state index in [9.17, 15) is 4.79 Å². The van der Waals surface area contributed by atoms with Gasteiger partial charge in [-0.25, -0.2) is 4.68 Å². The van der Waals surface area contributed by atoms with Crippen molar-refractivity contribution in [3.05, 3.63) is 71.9 Å². The normalized spacial score (nSPS) is 15.9. The molecule has 148 valence electrons. The number of nitrogens with one attached hydrogen (secondary N) is 1. The fourth-order valence-corrected chi connectivity index (χ4v) is 3.60. The highest BCUT2D eigenvalue weighted by atomic mass is 16.5. The van der Waals surface area contributed by atoms with Gasteiger partial charge >= 0.3 is 0 Å². The lowest BCUT2D eigenvalue weighted by molar-refractivity contribution is -0.110. The largest absolute Gasteiger partial charge is 0.480 e. The van der Waals surface area contributed by atoms with Crippen molar-refractivity contribution in [3.8, 4) is 5.88 Å². The topological polar surface area (TPSA) is 71.8 Å². The predicted octanol–water partition coefficient (Wildman–Crippen LogP) is 3.68. The zero-order valence-electron chi connectivity index (χ0n) is 16.7. The average Bonchev–Trinajstić information content (AvgIpc) is 3.30. The Kier molecular flexibility index (Phi) is 5.03. The van der Waals surface area contributed by atoms with Crippen LogP contribution in [0.15, 0.2) is 65.8 Å². The second kappa shape index (κ2) is 7.79. The van der Waals surface area contributed by atoms with Gasteiger partial charge in [0.15, 0.2) is 0 Å². The quantitative estimate of drug-likeness (QED) is 0.723. The number of anilines is 2. The molecule has 0 saturated heterocycles. The fraction of sp³-hybridized carbons (Fsp3) is 0.227. The number of hydrogen-bond donors (Lipinski definition) is 1. The highest BCUT2D eigenvalue weighted by Crippen LogP contribution is 2.35. The number of para-hydroxylation sites is 1. The lowest BCUT2D eigenvalue weighted by Gasteiger charge is -2.23. The summed E-state index contributed by atoms with van der Waals surface area (Å²) in [6.07, 6.45) is 0.506. The number of nitrogens with zero attached hydrogens (tertiary/aromatic N) is 4. The summed E-state index contributed by atoms with van der Waals surface area (Å²) < 4.78 is 6.98. The van der Waals surface area contributed by atoms with E-state index in [0.717, 1.165) is 11.3 Å². The molecule has 0 fully saturated rings. The van der Waals surface area contributed by atoms with Gasteiger partial charge in [-0.05, 0) is 24.6 Å². The van der Waals surface area contributed by atoms with Gasteiger partial charge in [-0.1, -0.05) is 48.5 Å². The third-order valence-electron chi connectivity index (χ3n) is 4.98. The van der Waals surface area contributed by atoms with Gasteiger partial charge < -0.3 is 10.1 Å². The summed E-state index contributed by atoms with van der Waals surface area (Å²) >= 11 is 0. The molecule has 1 amide bonds. The second-order valence-electron chi connectivity index (χ2n) is 6.90. The maximum atomic E-state index is 13.0. The Labute approximate surface area is 169 Å². The Morgan fingerprint density at radius 2 is 1.76 bits per heavy atom. The van der Waals surface area contributed by atoms with E-state index in [0.29, 0.717) is 29.4 Å². The van der Waals surface area contributed by atoms with Crippen LogP contribution >= 0.6 is 0 Å². The molecular formula is C22H23N5O2. The molecule has 2 heterocycles. The van der Waals surface area contributed by atoms with Crippen molar-refractivity contribution in [3.63, 3.8) is 0 Å². The van der Waals surface area contributed by atoms with Gasteiger partial charge in [-0.15, -0.1) is 0 Å². The number of hydrogen-bond acceptors (Lipinski definition) is 5. The molecular weight excluding hydrogens is 366 g/mol. The van der Waals surface area contributed by atoms with E-state index in [4.69, 9.17) is 4.74 Å². The van der Waals surface area contributed by atoms with Gasteiger partial charge in [-0.3, -0.25) is 9.80 Å². The third-order valence-corrected chi connectivity index (χ3v) is 4.98. The van der Waals surface area contributed by atoms with Crippen molar-refractivity contribution in [2.24, 2.45) is 12.1 Å². The van der Waals surface area contributed by atoms with Gasteiger partial charge in [0.1, 0.15) is 11.4 Å². The number of ether oxygens (including phenoxy) is 1. The van der Waals surface area contributed by atoms with Gasteiger partial charge in [0, 0.05) is 13.5 Å². The summed E-state index contributed by atoms with van der Waals surface area (Å²) in [4.78, 5) is 13.0. The van der Waals surface area contributed by atoms with E-state index in [2.05, 4.69) is 27.6 Å². The molecule has 7 heteroatoms. The minimum atomic E-state index is -0.251. The molecule has 7 nitrogen and oxygen atoms in total. The summed E-state index contributed by atoms with van der Waals surface area (Å²) in [5.74, 6) is 0.257. The van der Waals surface area contributed by atoms with Crippen LogP contribution < -0.4 is 15.1 Å². The Balaban J connectivity index is 1.64. The second-order valence-corrected chi connectivity index (χ2v) is 6.90. The van der Waals surface area contributed by atoms with Crippen molar-refractivity contribution in [1.29, 1.82) is 0 Å². The number of carbonyl (C=O) groups is 1. The summed E-state index contributed by atoms with van der Waals surface area (Å²) in [5.41, 5.74) is 3.78. The van der Waals surface area contributed by atoms with Crippen molar-refractivity contribution in [2.75, 3.05) is 17.4 Å². The van der Waals surface area contributed by atoms with Crippen LogP contribution in [0.5, 0.6) is 5.88 Å². The zero-order valence-corrected chi connectivity index (χ0v) is 16.7. The lowest BCUT2D eigenvalue weighted by Crippen LogP contribution is -2.22. The molecule has 1 aromatic heterocycles. The summed E-state index contributed by atoms with van der Waals surface area (Å²) in [5, 5.41) is 13.8. The summed E-state index contributed by atoms with van der Waals surface area (Å²) in [6, 6.07) is 19.9. The minimum Gasteiger partial charge on any atom is -0.480 e. The van der Waals surface area contributed by atoms with Crippen LogP contribution in [-0.2, 0) is 11.8 Å². The third kappa shape index (κ3) is 3.59. The molecule has 0 unspecified atom stereocenters. The SMILES string of the molecule is COc1c(NC(=O)C2=NN(c3ccccc3)[C@@H](c3ccccc3)C2)c(C)nn1C. The first-order valence-corrected chi connectivity index (χ1v) is 9.44. The first-order chi connectivity index (χ1) is 14.1. The van der Waals surface area contributed by atoms with Gasteiger partial charge in [0.05, 0.1) is 24.5 Å². The first kappa shape index (κ1) is 18.7. The maximum absolute atomic E-state index is 13.0. The molecule has 3 aromatic rings. The lowest BCUT2D eigenvalue weighted by atomic mass is 10.0. The summed E-state index contributed by atoms with van der Waals surface area (Å²) in [6.45, 7) is 1.83. The van der Waals surface area contributed by atoms with Crippen molar-refractivity contribution < 1.29 is 9.53 Å². The monoisotopic (exact) mass is 389 g/mol. The molecule has 4 rings (SSSR count). The Morgan fingerprint density at radius 1 is 1.10 bits per heavy atom. The fourth-order valence-electron chi connectivity index (χ4n) is 3.60. The molecule has 0 spiro atoms. The van der Waals surface area contributed by atoms with E-state index < -0.39 is 0 Å². The van der Waals surface area contributed by atoms with Crippen LogP contribution in [-0.4, -0.2) is 28.5 Å². The number of aromatic nitrogens is 2. The van der Waals surface area contributed by atoms with Gasteiger partial charge in [-0.2, -0.15) is 10.2 Å². The molecule has 1 aliphatic rings. The predicted molar refractivity (Wildman–Crippen MR) is 113 cm³/mol. The first-order valence-electron chi connectivity index (χ1n) is 9.44. The molecule has 1 atom stereocenters. The van der Waals surface area contributed by atoms with Crippen LogP contribution in [0, 0.1) is 6.92 Å². The summed E-state index contributed by atoms with van der Waals surface area (Å²) in [7, 11) is 3.33. The molecule has 0 bridgehead atoms. The van der Waals surface area contributed by atoms with Crippen molar-refractivity contribution >= 4 is 23.0 Å². The van der Waals surface area contributed by atoms with E-state index in [1.165, 1.54) is 0 Å². The Morgan fingerprint density at radius 3 is 2.41 bits per heavy atom. The standard InChI is InChI=1S/C22H23N5O2/c1-15-20(22(29-3)26(2)24-15)23-21(28)18-14-19(16-10-6-4-7-11-16)27(25-18)17-12-8-5-9-13-17/h4-13,19H,14H2,1-3H3,(H,23,28)/t19-/m1/s1. The van der Waals surface area contributed by atoms with E-state index in [1.807, 2.05) is 60.5 Å².